The van der Waals surface area contributed by atoms with Crippen molar-refractivity contribution in [3.8, 4) is 0 Å². The van der Waals surface area contributed by atoms with Gasteiger partial charge in [0.05, 0.1) is 32.0 Å². The first kappa shape index (κ1) is 25.6. The minimum absolute atomic E-state index is 0.0974. The lowest BCUT2D eigenvalue weighted by molar-refractivity contribution is -0.137. The monoisotopic (exact) mass is 457 g/mol. The Morgan fingerprint density at radius 3 is 2.52 bits per heavy atom. The van der Waals surface area contributed by atoms with Gasteiger partial charge in [-0.25, -0.2) is 0 Å². The smallest absolute Gasteiger partial charge is 0.303 e. The van der Waals surface area contributed by atoms with Crippen molar-refractivity contribution in [1.29, 1.82) is 0 Å². The molecule has 1 aliphatic heterocycles. The lowest BCUT2D eigenvalue weighted by Gasteiger charge is -2.35. The molecule has 1 N–H and O–H groups in total. The average molecular weight is 458 g/mol. The summed E-state index contributed by atoms with van der Waals surface area (Å²) < 4.78 is 11.8. The summed E-state index contributed by atoms with van der Waals surface area (Å²) in [6, 6.07) is 8.42. The number of carbonyl (C=O) groups excluding carboxylic acids is 1. The molecule has 3 rings (SSSR count). The van der Waals surface area contributed by atoms with Crippen LogP contribution in [0.5, 0.6) is 0 Å². The Morgan fingerprint density at radius 1 is 1.18 bits per heavy atom. The van der Waals surface area contributed by atoms with Gasteiger partial charge in [0.2, 0.25) is 0 Å². The van der Waals surface area contributed by atoms with Crippen molar-refractivity contribution >= 4 is 11.8 Å². The van der Waals surface area contributed by atoms with Gasteiger partial charge in [-0.15, -0.1) is 0 Å². The van der Waals surface area contributed by atoms with Crippen LogP contribution < -0.4 is 0 Å². The number of hydrogen-bond donors (Lipinski definition) is 1. The maximum atomic E-state index is 13.0. The van der Waals surface area contributed by atoms with E-state index in [4.69, 9.17) is 14.6 Å². The molecule has 6 heteroatoms. The van der Waals surface area contributed by atoms with Gasteiger partial charge >= 0.3 is 5.97 Å². The highest BCUT2D eigenvalue weighted by Gasteiger charge is 2.45. The molecule has 2 fully saturated rings. The minimum atomic E-state index is -0.763. The van der Waals surface area contributed by atoms with Crippen LogP contribution in [0.2, 0.25) is 0 Å². The van der Waals surface area contributed by atoms with Gasteiger partial charge in [0.1, 0.15) is 0 Å². The van der Waals surface area contributed by atoms with E-state index in [2.05, 4.69) is 56.0 Å². The molecule has 1 saturated carbocycles. The summed E-state index contributed by atoms with van der Waals surface area (Å²) in [4.78, 5) is 26.0. The van der Waals surface area contributed by atoms with Gasteiger partial charge in [-0.2, -0.15) is 0 Å². The second-order valence-electron chi connectivity index (χ2n) is 10.2. The fourth-order valence-corrected chi connectivity index (χ4v) is 4.75. The Hall–Kier alpha value is -2.02. The number of allylic oxidation sites excluding steroid dienone is 2. The maximum absolute atomic E-state index is 13.0. The number of hydrogen-bond acceptors (Lipinski definition) is 5. The van der Waals surface area contributed by atoms with E-state index in [1.54, 1.807) is 0 Å². The topological polar surface area (TPSA) is 76.1 Å². The number of rotatable bonds is 10. The lowest BCUT2D eigenvalue weighted by atomic mass is 9.87. The molecule has 0 spiro atoms. The van der Waals surface area contributed by atoms with Gasteiger partial charge < -0.3 is 14.6 Å². The maximum Gasteiger partial charge on any atom is 0.303 e. The fraction of sp³-hybridized carbons (Fsp3) is 0.630. The second-order valence-corrected chi connectivity index (χ2v) is 10.2. The van der Waals surface area contributed by atoms with Crippen molar-refractivity contribution in [2.75, 3.05) is 26.3 Å². The molecule has 33 heavy (non-hydrogen) atoms. The van der Waals surface area contributed by atoms with E-state index < -0.39 is 5.97 Å². The number of carbonyl (C=O) groups is 2. The Bertz CT molecular complexity index is 805. The third kappa shape index (κ3) is 7.49. The summed E-state index contributed by atoms with van der Waals surface area (Å²) in [5.41, 5.74) is 2.53. The number of morpholine rings is 1. The van der Waals surface area contributed by atoms with Crippen molar-refractivity contribution in [3.63, 3.8) is 0 Å². The number of carboxylic acids is 1. The van der Waals surface area contributed by atoms with E-state index in [1.165, 1.54) is 5.56 Å². The fourth-order valence-electron chi connectivity index (χ4n) is 4.75. The van der Waals surface area contributed by atoms with Crippen molar-refractivity contribution in [3.05, 3.63) is 47.5 Å². The van der Waals surface area contributed by atoms with Crippen LogP contribution >= 0.6 is 0 Å². The molecule has 1 saturated heterocycles. The molecule has 0 unspecified atom stereocenters. The highest BCUT2D eigenvalue weighted by Crippen LogP contribution is 2.34. The summed E-state index contributed by atoms with van der Waals surface area (Å²) in [6.45, 7) is 9.97. The lowest BCUT2D eigenvalue weighted by Crippen LogP contribution is -2.49. The van der Waals surface area contributed by atoms with Crippen LogP contribution in [0, 0.1) is 5.92 Å². The first-order valence-electron chi connectivity index (χ1n) is 12.2. The highest BCUT2D eigenvalue weighted by atomic mass is 16.5. The zero-order valence-corrected chi connectivity index (χ0v) is 20.3. The van der Waals surface area contributed by atoms with Gasteiger partial charge in [0.25, 0.3) is 0 Å². The highest BCUT2D eigenvalue weighted by molar-refractivity contribution is 5.87. The number of Topliss-reactive ketones (excluding diaryl/α,β-unsaturated/α-hetero) is 1. The molecule has 0 radical (unpaired) electrons. The predicted molar refractivity (Wildman–Crippen MR) is 128 cm³/mol. The van der Waals surface area contributed by atoms with Gasteiger partial charge in [-0.05, 0) is 35.8 Å². The van der Waals surface area contributed by atoms with Crippen LogP contribution in [0.3, 0.4) is 0 Å². The molecule has 2 aliphatic rings. The molecule has 1 aromatic carbocycles. The first-order chi connectivity index (χ1) is 15.8. The number of unbranched alkanes of at least 4 members (excludes halogenated alkanes) is 1. The first-order valence-corrected chi connectivity index (χ1v) is 12.2. The van der Waals surface area contributed by atoms with Crippen LogP contribution in [0.4, 0.5) is 0 Å². The zero-order chi connectivity index (χ0) is 23.8. The number of ketones is 1. The number of nitrogens with zero attached hydrogens (tertiary/aromatic N) is 1. The Kier molecular flexibility index (Phi) is 9.24. The summed E-state index contributed by atoms with van der Waals surface area (Å²) >= 11 is 0. The van der Waals surface area contributed by atoms with Crippen LogP contribution in [0.25, 0.3) is 0 Å². The van der Waals surface area contributed by atoms with Crippen molar-refractivity contribution in [2.45, 2.75) is 77.0 Å². The standard InChI is InChI=1S/C27H39NO5/c1-27(2,3)21-12-10-20(11-13-21)19-33-24-18-23(29)26(28-14-16-32-17-15-28)22(24)8-6-4-5-7-9-25(30)31/h4,6,10-13,22,24,26H,5,7-9,14-19H2,1-3H3,(H,30,31)/b6-4-/t22-,24-,26+/m0/s1. The van der Waals surface area contributed by atoms with Crippen LogP contribution in [0.1, 0.15) is 64.0 Å². The average Bonchev–Trinajstić information content (AvgIpc) is 3.09. The largest absolute Gasteiger partial charge is 0.481 e. The van der Waals surface area contributed by atoms with E-state index >= 15 is 0 Å². The van der Waals surface area contributed by atoms with Crippen LogP contribution in [-0.2, 0) is 31.1 Å². The summed E-state index contributed by atoms with van der Waals surface area (Å²) in [5.74, 6) is -0.407. The normalized spacial score (nSPS) is 24.6. The molecule has 6 nitrogen and oxygen atoms in total. The summed E-state index contributed by atoms with van der Waals surface area (Å²) in [6.07, 6.45) is 6.79. The third-order valence-corrected chi connectivity index (χ3v) is 6.67. The number of ether oxygens (including phenoxy) is 2. The van der Waals surface area contributed by atoms with Crippen LogP contribution in [0.15, 0.2) is 36.4 Å². The molecule has 182 valence electrons. The Labute approximate surface area is 197 Å². The van der Waals surface area contributed by atoms with Gasteiger partial charge in [0.15, 0.2) is 5.78 Å². The van der Waals surface area contributed by atoms with Crippen LogP contribution in [-0.4, -0.2) is 60.2 Å². The Morgan fingerprint density at radius 2 is 1.88 bits per heavy atom. The molecule has 3 atom stereocenters. The van der Waals surface area contributed by atoms with Gasteiger partial charge in [0, 0.05) is 31.8 Å². The molecule has 0 aromatic heterocycles. The third-order valence-electron chi connectivity index (χ3n) is 6.67. The van der Waals surface area contributed by atoms with Crippen molar-refractivity contribution in [2.24, 2.45) is 5.92 Å². The molecular formula is C27H39NO5. The quantitative estimate of drug-likeness (QED) is 0.416. The van der Waals surface area contributed by atoms with E-state index in [-0.39, 0.29) is 35.7 Å². The summed E-state index contributed by atoms with van der Waals surface area (Å²) in [5, 5.41) is 8.80. The van der Waals surface area contributed by atoms with E-state index in [0.717, 1.165) is 31.5 Å². The van der Waals surface area contributed by atoms with Crippen molar-refractivity contribution in [1.82, 2.24) is 4.90 Å². The molecular weight excluding hydrogens is 418 g/mol. The Balaban J connectivity index is 1.63. The minimum Gasteiger partial charge on any atom is -0.481 e. The van der Waals surface area contributed by atoms with E-state index in [0.29, 0.717) is 32.7 Å². The number of aliphatic carboxylic acids is 1. The van der Waals surface area contributed by atoms with E-state index in [9.17, 15) is 9.59 Å². The molecule has 1 aliphatic carbocycles. The number of benzene rings is 1. The van der Waals surface area contributed by atoms with Gasteiger partial charge in [-0.3, -0.25) is 14.5 Å². The molecule has 0 bridgehead atoms. The molecule has 1 heterocycles. The SMILES string of the molecule is CC(C)(C)c1ccc(CO[C@H]2CC(=O)[C@H](N3CCOCC3)[C@H]2C/C=C\CCCC(=O)O)cc1. The van der Waals surface area contributed by atoms with Gasteiger partial charge in [-0.1, -0.05) is 57.2 Å². The zero-order valence-electron chi connectivity index (χ0n) is 20.3. The van der Waals surface area contributed by atoms with E-state index in [1.807, 2.05) is 6.08 Å². The predicted octanol–water partition coefficient (Wildman–Crippen LogP) is 4.36. The summed E-state index contributed by atoms with van der Waals surface area (Å²) in [7, 11) is 0. The van der Waals surface area contributed by atoms with Crippen molar-refractivity contribution < 1.29 is 24.2 Å². The molecule has 1 aromatic rings. The second kappa shape index (κ2) is 11.9. The molecule has 0 amide bonds. The number of carboxylic acid groups (broad SMARTS) is 1.